The zero-order valence-corrected chi connectivity index (χ0v) is 14.0. The molecule has 0 radical (unpaired) electrons. The van der Waals surface area contributed by atoms with E-state index in [1.165, 1.54) is 12.8 Å². The summed E-state index contributed by atoms with van der Waals surface area (Å²) in [5, 5.41) is 3.03. The van der Waals surface area contributed by atoms with Gasteiger partial charge < -0.3 is 15.8 Å². The van der Waals surface area contributed by atoms with Gasteiger partial charge in [0, 0.05) is 17.1 Å². The molecule has 0 aromatic heterocycles. The number of nitrogens with two attached hydrogens (primary N) is 1. The molecule has 2 rings (SSSR count). The van der Waals surface area contributed by atoms with Crippen molar-refractivity contribution in [1.82, 2.24) is 0 Å². The van der Waals surface area contributed by atoms with Gasteiger partial charge in [0.25, 0.3) is 0 Å². The van der Waals surface area contributed by atoms with Gasteiger partial charge in [0.2, 0.25) is 5.91 Å². The number of rotatable bonds is 4. The number of amides is 1. The number of hydrogen-bond donors (Lipinski definition) is 2. The van der Waals surface area contributed by atoms with Crippen molar-refractivity contribution >= 4 is 27.5 Å². The van der Waals surface area contributed by atoms with Gasteiger partial charge in [0.1, 0.15) is 5.75 Å². The molecule has 0 atom stereocenters. The Morgan fingerprint density at radius 2 is 2.00 bits per heavy atom. The van der Waals surface area contributed by atoms with Crippen molar-refractivity contribution in [3.63, 3.8) is 0 Å². The maximum Gasteiger partial charge on any atom is 0.231 e. The predicted octanol–water partition coefficient (Wildman–Crippen LogP) is 3.70. The molecule has 21 heavy (non-hydrogen) atoms. The Hall–Kier alpha value is -1.07. The Labute approximate surface area is 134 Å². The van der Waals surface area contributed by atoms with E-state index in [0.29, 0.717) is 6.54 Å². The molecule has 1 aliphatic carbocycles. The van der Waals surface area contributed by atoms with Gasteiger partial charge in [-0.15, -0.1) is 0 Å². The molecule has 1 saturated carbocycles. The van der Waals surface area contributed by atoms with Crippen LogP contribution in [0.2, 0.25) is 0 Å². The maximum absolute atomic E-state index is 12.8. The van der Waals surface area contributed by atoms with E-state index < -0.39 is 5.41 Å². The number of anilines is 1. The Kier molecular flexibility index (Phi) is 5.65. The second kappa shape index (κ2) is 7.27. The van der Waals surface area contributed by atoms with E-state index in [1.54, 1.807) is 7.11 Å². The summed E-state index contributed by atoms with van der Waals surface area (Å²) >= 11 is 3.47. The summed E-state index contributed by atoms with van der Waals surface area (Å²) in [7, 11) is 1.61. The van der Waals surface area contributed by atoms with Crippen LogP contribution in [-0.4, -0.2) is 19.6 Å². The number of carbonyl (C=O) groups excluding carboxylic acids is 1. The van der Waals surface area contributed by atoms with Gasteiger partial charge in [-0.1, -0.05) is 25.7 Å². The summed E-state index contributed by atoms with van der Waals surface area (Å²) in [6, 6.07) is 5.55. The first kappa shape index (κ1) is 16.3. The first-order valence-electron chi connectivity index (χ1n) is 7.46. The molecular formula is C16H23BrN2O2. The fourth-order valence-corrected chi connectivity index (χ4v) is 3.26. The molecule has 0 spiro atoms. The van der Waals surface area contributed by atoms with Crippen molar-refractivity contribution < 1.29 is 9.53 Å². The standard InChI is InChI=1S/C16H23BrN2O2/c1-21-12-6-7-13(17)14(10-12)19-15(20)16(11-18)8-4-2-3-5-9-16/h6-7,10H,2-5,8-9,11,18H2,1H3,(H,19,20). The van der Waals surface area contributed by atoms with Crippen LogP contribution in [0.15, 0.2) is 22.7 Å². The van der Waals surface area contributed by atoms with E-state index in [1.807, 2.05) is 18.2 Å². The molecule has 1 aromatic carbocycles. The van der Waals surface area contributed by atoms with Crippen LogP contribution in [0.25, 0.3) is 0 Å². The zero-order valence-electron chi connectivity index (χ0n) is 12.5. The number of halogens is 1. The quantitative estimate of drug-likeness (QED) is 0.810. The molecule has 4 nitrogen and oxygen atoms in total. The molecule has 0 unspecified atom stereocenters. The van der Waals surface area contributed by atoms with E-state index in [2.05, 4.69) is 21.2 Å². The van der Waals surface area contributed by atoms with Gasteiger partial charge in [0.15, 0.2) is 0 Å². The van der Waals surface area contributed by atoms with Crippen molar-refractivity contribution in [3.8, 4) is 5.75 Å². The lowest BCUT2D eigenvalue weighted by Gasteiger charge is -2.30. The highest BCUT2D eigenvalue weighted by Crippen LogP contribution is 2.36. The first-order chi connectivity index (χ1) is 10.1. The minimum atomic E-state index is -0.432. The Morgan fingerprint density at radius 3 is 2.57 bits per heavy atom. The molecular weight excluding hydrogens is 332 g/mol. The minimum Gasteiger partial charge on any atom is -0.497 e. The van der Waals surface area contributed by atoms with Gasteiger partial charge >= 0.3 is 0 Å². The lowest BCUT2D eigenvalue weighted by molar-refractivity contribution is -0.125. The van der Waals surface area contributed by atoms with E-state index in [4.69, 9.17) is 10.5 Å². The van der Waals surface area contributed by atoms with Crippen LogP contribution < -0.4 is 15.8 Å². The third-order valence-electron chi connectivity index (χ3n) is 4.35. The van der Waals surface area contributed by atoms with E-state index in [9.17, 15) is 4.79 Å². The van der Waals surface area contributed by atoms with Crippen molar-refractivity contribution in [2.45, 2.75) is 38.5 Å². The smallest absolute Gasteiger partial charge is 0.231 e. The average molecular weight is 355 g/mol. The second-order valence-corrected chi connectivity index (χ2v) is 6.55. The predicted molar refractivity (Wildman–Crippen MR) is 88.5 cm³/mol. The second-order valence-electron chi connectivity index (χ2n) is 5.70. The summed E-state index contributed by atoms with van der Waals surface area (Å²) < 4.78 is 6.06. The van der Waals surface area contributed by atoms with Gasteiger partial charge in [-0.05, 0) is 40.9 Å². The number of hydrogen-bond acceptors (Lipinski definition) is 3. The first-order valence-corrected chi connectivity index (χ1v) is 8.26. The monoisotopic (exact) mass is 354 g/mol. The fraction of sp³-hybridized carbons (Fsp3) is 0.562. The van der Waals surface area contributed by atoms with E-state index in [-0.39, 0.29) is 5.91 Å². The normalized spacial score (nSPS) is 17.9. The summed E-state index contributed by atoms with van der Waals surface area (Å²) in [5.41, 5.74) is 6.26. The van der Waals surface area contributed by atoms with Crippen LogP contribution in [0.1, 0.15) is 38.5 Å². The van der Waals surface area contributed by atoms with Crippen LogP contribution in [0.4, 0.5) is 5.69 Å². The Balaban J connectivity index is 2.19. The summed E-state index contributed by atoms with van der Waals surface area (Å²) in [6.45, 7) is 0.403. The topological polar surface area (TPSA) is 64.3 Å². The van der Waals surface area contributed by atoms with Crippen molar-refractivity contribution in [3.05, 3.63) is 22.7 Å². The van der Waals surface area contributed by atoms with Crippen LogP contribution >= 0.6 is 15.9 Å². The van der Waals surface area contributed by atoms with Gasteiger partial charge in [-0.25, -0.2) is 0 Å². The summed E-state index contributed by atoms with van der Waals surface area (Å²) in [4.78, 5) is 12.8. The Morgan fingerprint density at radius 1 is 1.33 bits per heavy atom. The average Bonchev–Trinajstić information content (AvgIpc) is 2.76. The third-order valence-corrected chi connectivity index (χ3v) is 5.05. The summed E-state index contributed by atoms with van der Waals surface area (Å²) in [5.74, 6) is 0.747. The largest absolute Gasteiger partial charge is 0.497 e. The Bertz CT molecular complexity index is 497. The van der Waals surface area contributed by atoms with Gasteiger partial charge in [-0.2, -0.15) is 0 Å². The molecule has 1 fully saturated rings. The molecule has 0 aliphatic heterocycles. The molecule has 116 valence electrons. The molecule has 1 aromatic rings. The highest BCUT2D eigenvalue weighted by atomic mass is 79.9. The van der Waals surface area contributed by atoms with E-state index in [0.717, 1.165) is 41.6 Å². The number of carbonyl (C=O) groups is 1. The summed E-state index contributed by atoms with van der Waals surface area (Å²) in [6.07, 6.45) is 6.28. The van der Waals surface area contributed by atoms with Crippen molar-refractivity contribution in [2.75, 3.05) is 19.0 Å². The molecule has 3 N–H and O–H groups in total. The molecule has 1 aliphatic rings. The van der Waals surface area contributed by atoms with Gasteiger partial charge in [0.05, 0.1) is 18.2 Å². The van der Waals surface area contributed by atoms with Crippen LogP contribution in [0.5, 0.6) is 5.75 Å². The van der Waals surface area contributed by atoms with Crippen LogP contribution in [-0.2, 0) is 4.79 Å². The molecule has 0 heterocycles. The maximum atomic E-state index is 12.8. The highest BCUT2D eigenvalue weighted by Gasteiger charge is 2.37. The highest BCUT2D eigenvalue weighted by molar-refractivity contribution is 9.10. The van der Waals surface area contributed by atoms with Crippen molar-refractivity contribution in [1.29, 1.82) is 0 Å². The minimum absolute atomic E-state index is 0.0286. The van der Waals surface area contributed by atoms with E-state index >= 15 is 0 Å². The number of nitrogens with one attached hydrogen (secondary N) is 1. The number of ether oxygens (including phenoxy) is 1. The number of methoxy groups -OCH3 is 1. The van der Waals surface area contributed by atoms with Crippen molar-refractivity contribution in [2.24, 2.45) is 11.1 Å². The molecule has 0 bridgehead atoms. The van der Waals surface area contributed by atoms with Crippen LogP contribution in [0, 0.1) is 5.41 Å². The zero-order chi connectivity index (χ0) is 15.3. The van der Waals surface area contributed by atoms with Crippen LogP contribution in [0.3, 0.4) is 0 Å². The SMILES string of the molecule is COc1ccc(Br)c(NC(=O)C2(CN)CCCCCC2)c1. The fourth-order valence-electron chi connectivity index (χ4n) is 2.91. The lowest BCUT2D eigenvalue weighted by Crippen LogP contribution is -2.42. The lowest BCUT2D eigenvalue weighted by atomic mass is 9.79. The molecule has 1 amide bonds. The molecule has 0 saturated heterocycles. The van der Waals surface area contributed by atoms with Gasteiger partial charge in [-0.3, -0.25) is 4.79 Å². The third kappa shape index (κ3) is 3.77. The molecule has 5 heteroatoms. The number of benzene rings is 1.